The summed E-state index contributed by atoms with van der Waals surface area (Å²) in [6, 6.07) is 6.11. The van der Waals surface area contributed by atoms with E-state index in [1.54, 1.807) is 18.2 Å². The number of pyridine rings is 1. The lowest BCUT2D eigenvalue weighted by Gasteiger charge is -2.21. The fraction of sp³-hybridized carbons (Fsp3) is 0.278. The molecule has 3 aromatic rings. The maximum Gasteiger partial charge on any atom is 0.319 e. The van der Waals surface area contributed by atoms with Gasteiger partial charge in [-0.1, -0.05) is 23.7 Å². The van der Waals surface area contributed by atoms with Crippen LogP contribution in [0.25, 0.3) is 10.9 Å². The number of ether oxygens (including phenoxy) is 2. The summed E-state index contributed by atoms with van der Waals surface area (Å²) in [5, 5.41) is 4.18. The zero-order valence-electron chi connectivity index (χ0n) is 14.2. The van der Waals surface area contributed by atoms with Gasteiger partial charge in [0.1, 0.15) is 29.9 Å². The van der Waals surface area contributed by atoms with Crippen molar-refractivity contribution in [2.75, 3.05) is 18.5 Å². The number of nitrogens with zero attached hydrogens (tertiary/aromatic N) is 3. The molecule has 140 valence electrons. The second kappa shape index (κ2) is 7.11. The Bertz CT molecular complexity index is 1000. The minimum atomic E-state index is -2.65. The van der Waals surface area contributed by atoms with Gasteiger partial charge in [-0.15, -0.1) is 0 Å². The number of aromatic nitrogens is 3. The van der Waals surface area contributed by atoms with E-state index in [1.807, 2.05) is 6.92 Å². The highest BCUT2D eigenvalue weighted by Gasteiger charge is 2.23. The van der Waals surface area contributed by atoms with Gasteiger partial charge in [0.15, 0.2) is 0 Å². The molecule has 0 fully saturated rings. The van der Waals surface area contributed by atoms with Crippen molar-refractivity contribution in [1.82, 2.24) is 15.0 Å². The first-order valence-electron chi connectivity index (χ1n) is 8.29. The van der Waals surface area contributed by atoms with Crippen LogP contribution in [0.1, 0.15) is 30.5 Å². The number of para-hydroxylation sites is 1. The average Bonchev–Trinajstić information content (AvgIpc) is 2.67. The molecule has 0 saturated heterocycles. The van der Waals surface area contributed by atoms with Crippen LogP contribution < -0.4 is 14.8 Å². The first-order valence-corrected chi connectivity index (χ1v) is 8.67. The van der Waals surface area contributed by atoms with Crippen LogP contribution in [0.15, 0.2) is 30.5 Å². The molecule has 1 N–H and O–H groups in total. The number of halogens is 3. The third-order valence-corrected chi connectivity index (χ3v) is 4.43. The van der Waals surface area contributed by atoms with Gasteiger partial charge >= 0.3 is 6.01 Å². The van der Waals surface area contributed by atoms with Gasteiger partial charge in [0.25, 0.3) is 6.43 Å². The van der Waals surface area contributed by atoms with Crippen LogP contribution in [-0.4, -0.2) is 28.2 Å². The first kappa shape index (κ1) is 17.7. The second-order valence-electron chi connectivity index (χ2n) is 6.01. The Labute approximate surface area is 158 Å². The number of nitrogens with one attached hydrogen (secondary N) is 1. The molecule has 27 heavy (non-hydrogen) atoms. The van der Waals surface area contributed by atoms with Gasteiger partial charge in [-0.2, -0.15) is 9.97 Å². The molecule has 0 saturated carbocycles. The predicted molar refractivity (Wildman–Crippen MR) is 96.8 cm³/mol. The van der Waals surface area contributed by atoms with Crippen molar-refractivity contribution in [1.29, 1.82) is 0 Å². The number of alkyl halides is 2. The Morgan fingerprint density at radius 1 is 1.22 bits per heavy atom. The van der Waals surface area contributed by atoms with Crippen molar-refractivity contribution in [3.8, 4) is 11.8 Å². The Morgan fingerprint density at radius 3 is 2.85 bits per heavy atom. The van der Waals surface area contributed by atoms with E-state index < -0.39 is 6.43 Å². The highest BCUT2D eigenvalue weighted by molar-refractivity contribution is 6.30. The fourth-order valence-corrected chi connectivity index (χ4v) is 3.13. The van der Waals surface area contributed by atoms with Crippen LogP contribution in [0.2, 0.25) is 5.15 Å². The summed E-state index contributed by atoms with van der Waals surface area (Å²) >= 11 is 6.01. The molecule has 9 heteroatoms. The van der Waals surface area contributed by atoms with Gasteiger partial charge < -0.3 is 14.8 Å². The fourth-order valence-electron chi connectivity index (χ4n) is 2.97. The van der Waals surface area contributed by atoms with Crippen molar-refractivity contribution in [2.45, 2.75) is 19.4 Å². The van der Waals surface area contributed by atoms with Gasteiger partial charge in [-0.25, -0.2) is 13.8 Å². The molecular weight excluding hydrogens is 378 g/mol. The summed E-state index contributed by atoms with van der Waals surface area (Å²) in [6.07, 6.45) is -1.12. The second-order valence-corrected chi connectivity index (χ2v) is 6.40. The Kier molecular flexibility index (Phi) is 4.65. The maximum absolute atomic E-state index is 13.4. The van der Waals surface area contributed by atoms with E-state index >= 15 is 0 Å². The molecule has 1 aromatic carbocycles. The zero-order valence-corrected chi connectivity index (χ0v) is 15.0. The lowest BCUT2D eigenvalue weighted by Crippen LogP contribution is -2.13. The third kappa shape index (κ3) is 3.44. The molecule has 0 amide bonds. The van der Waals surface area contributed by atoms with Crippen LogP contribution in [0.4, 0.5) is 14.6 Å². The highest BCUT2D eigenvalue weighted by atomic mass is 35.5. The number of fused-ring (bicyclic) bond motifs is 5. The van der Waals surface area contributed by atoms with Gasteiger partial charge in [0.2, 0.25) is 0 Å². The summed E-state index contributed by atoms with van der Waals surface area (Å²) in [7, 11) is 0. The van der Waals surface area contributed by atoms with Gasteiger partial charge in [0, 0.05) is 10.9 Å². The molecule has 3 heterocycles. The van der Waals surface area contributed by atoms with Crippen molar-refractivity contribution >= 4 is 28.3 Å². The average molecular weight is 393 g/mol. The number of hydrogen-bond donors (Lipinski definition) is 1. The smallest absolute Gasteiger partial charge is 0.319 e. The molecule has 1 aliphatic rings. The van der Waals surface area contributed by atoms with Gasteiger partial charge in [-0.3, -0.25) is 0 Å². The van der Waals surface area contributed by atoms with E-state index in [2.05, 4.69) is 20.3 Å². The molecule has 1 unspecified atom stereocenters. The summed E-state index contributed by atoms with van der Waals surface area (Å²) < 4.78 is 38.1. The molecule has 6 nitrogen and oxygen atoms in total. The van der Waals surface area contributed by atoms with Crippen LogP contribution in [-0.2, 0) is 0 Å². The number of rotatable bonds is 1. The van der Waals surface area contributed by atoms with Gasteiger partial charge in [-0.05, 0) is 19.1 Å². The first-order chi connectivity index (χ1) is 13.0. The zero-order chi connectivity index (χ0) is 19.0. The van der Waals surface area contributed by atoms with Crippen molar-refractivity contribution < 1.29 is 18.3 Å². The molecule has 0 spiro atoms. The summed E-state index contributed by atoms with van der Waals surface area (Å²) in [5.41, 5.74) is 0.999. The Hall–Kier alpha value is -2.74. The standard InChI is InChI=1S/C18H15ClF2N4O2/c1-9-10-3-2-4-11(16(20)21)15(10)26-5-6-27-18-24-13-8-22-14(19)7-12(13)17(23-9)25-18/h2-4,7-9,16H,5-6H2,1H3,(H,23,24,25). The molecule has 2 bridgehead atoms. The normalized spacial score (nSPS) is 16.7. The molecule has 0 aliphatic carbocycles. The quantitative estimate of drug-likeness (QED) is 0.612. The molecular formula is C18H15ClF2N4O2. The number of benzene rings is 1. The van der Waals surface area contributed by atoms with E-state index in [1.165, 1.54) is 12.3 Å². The minimum absolute atomic E-state index is 0.0824. The van der Waals surface area contributed by atoms with Crippen LogP contribution in [0.5, 0.6) is 11.8 Å². The van der Waals surface area contributed by atoms with E-state index in [0.717, 1.165) is 0 Å². The summed E-state index contributed by atoms with van der Waals surface area (Å²) in [6.45, 7) is 2.03. The van der Waals surface area contributed by atoms with Crippen LogP contribution in [0.3, 0.4) is 0 Å². The third-order valence-electron chi connectivity index (χ3n) is 4.22. The maximum atomic E-state index is 13.4. The summed E-state index contributed by atoms with van der Waals surface area (Å²) in [4.78, 5) is 12.7. The Morgan fingerprint density at radius 2 is 2.04 bits per heavy atom. The van der Waals surface area contributed by atoms with Crippen molar-refractivity contribution in [2.24, 2.45) is 0 Å². The SMILES string of the molecule is CC1Nc2nc(nc3cnc(Cl)cc23)OCCOc2c(C(F)F)cccc21. The van der Waals surface area contributed by atoms with E-state index in [9.17, 15) is 8.78 Å². The monoisotopic (exact) mass is 392 g/mol. The van der Waals surface area contributed by atoms with Crippen LogP contribution in [0, 0.1) is 0 Å². The number of anilines is 1. The predicted octanol–water partition coefficient (Wildman–Crippen LogP) is 4.56. The van der Waals surface area contributed by atoms with Gasteiger partial charge in [0.05, 0.1) is 23.3 Å². The van der Waals surface area contributed by atoms with Crippen molar-refractivity contribution in [3.63, 3.8) is 0 Å². The van der Waals surface area contributed by atoms with Crippen LogP contribution >= 0.6 is 11.6 Å². The largest absolute Gasteiger partial charge is 0.489 e. The Balaban J connectivity index is 1.85. The molecule has 1 atom stereocenters. The lowest BCUT2D eigenvalue weighted by atomic mass is 10.0. The van der Waals surface area contributed by atoms with E-state index in [-0.39, 0.29) is 36.6 Å². The summed E-state index contributed by atoms with van der Waals surface area (Å²) in [5.74, 6) is 0.630. The van der Waals surface area contributed by atoms with E-state index in [4.69, 9.17) is 21.1 Å². The number of hydrogen-bond acceptors (Lipinski definition) is 6. The molecule has 2 aromatic heterocycles. The molecule has 0 radical (unpaired) electrons. The molecule has 1 aliphatic heterocycles. The van der Waals surface area contributed by atoms with E-state index in [0.29, 0.717) is 27.4 Å². The van der Waals surface area contributed by atoms with Crippen molar-refractivity contribution in [3.05, 3.63) is 46.7 Å². The molecule has 4 rings (SSSR count). The topological polar surface area (TPSA) is 69.2 Å². The lowest BCUT2D eigenvalue weighted by molar-refractivity contribution is 0.141. The minimum Gasteiger partial charge on any atom is -0.489 e. The highest BCUT2D eigenvalue weighted by Crippen LogP contribution is 2.37.